The zero-order chi connectivity index (χ0) is 33.8. The van der Waals surface area contributed by atoms with Crippen LogP contribution in [0.2, 0.25) is 0 Å². The summed E-state index contributed by atoms with van der Waals surface area (Å²) in [5, 5.41) is 14.6. The van der Waals surface area contributed by atoms with Gasteiger partial charge in [0, 0.05) is 31.6 Å². The third-order valence-electron chi connectivity index (χ3n) is 9.21. The van der Waals surface area contributed by atoms with Gasteiger partial charge in [0.05, 0.1) is 23.7 Å². The number of ether oxygens (including phenoxy) is 2. The largest absolute Gasteiger partial charge is 0.392 e. The Morgan fingerprint density at radius 2 is 1.33 bits per heavy atom. The van der Waals surface area contributed by atoms with Crippen molar-refractivity contribution in [3.63, 3.8) is 0 Å². The van der Waals surface area contributed by atoms with E-state index in [2.05, 4.69) is 71.3 Å². The molecule has 1 fully saturated rings. The second-order valence-corrected chi connectivity index (χ2v) is 14.5. The molecule has 7 rings (SSSR count). The van der Waals surface area contributed by atoms with E-state index in [1.165, 1.54) is 27.1 Å². The number of benzene rings is 6. The van der Waals surface area contributed by atoms with Crippen molar-refractivity contribution < 1.29 is 23.0 Å². The highest BCUT2D eigenvalue weighted by molar-refractivity contribution is 7.89. The summed E-state index contributed by atoms with van der Waals surface area (Å²) in [6.45, 7) is 1.61. The van der Waals surface area contributed by atoms with Crippen LogP contribution in [0.4, 0.5) is 0 Å². The highest BCUT2D eigenvalue weighted by atomic mass is 32.2. The lowest BCUT2D eigenvalue weighted by molar-refractivity contribution is -0.252. The third kappa shape index (κ3) is 7.60. The smallest absolute Gasteiger partial charge is 0.240 e. The predicted molar refractivity (Wildman–Crippen MR) is 193 cm³/mol. The molecule has 6 aromatic rings. The highest BCUT2D eigenvalue weighted by Gasteiger charge is 2.33. The fourth-order valence-corrected chi connectivity index (χ4v) is 7.69. The zero-order valence-corrected chi connectivity index (χ0v) is 28.2. The molecule has 0 aromatic heterocycles. The maximum absolute atomic E-state index is 12.7. The first-order valence-electron chi connectivity index (χ1n) is 16.6. The molecule has 0 saturated carbocycles. The quantitative estimate of drug-likeness (QED) is 0.138. The molecule has 3 atom stereocenters. The highest BCUT2D eigenvalue weighted by Crippen LogP contribution is 2.38. The third-order valence-corrected chi connectivity index (χ3v) is 10.6. The summed E-state index contributed by atoms with van der Waals surface area (Å²) in [6.07, 6.45) is -0.261. The summed E-state index contributed by atoms with van der Waals surface area (Å²) >= 11 is 0. The van der Waals surface area contributed by atoms with E-state index in [-0.39, 0.29) is 30.3 Å². The van der Waals surface area contributed by atoms with Crippen LogP contribution in [0.15, 0.2) is 138 Å². The van der Waals surface area contributed by atoms with Gasteiger partial charge in [0.15, 0.2) is 6.29 Å². The Bertz CT molecular complexity index is 2080. The number of likely N-dealkylation sites (N-methyl/N-ethyl adjacent to an activating group) is 1. The van der Waals surface area contributed by atoms with Crippen LogP contribution in [0.3, 0.4) is 0 Å². The number of aliphatic hydroxyl groups is 1. The molecule has 0 amide bonds. The molecule has 0 radical (unpaired) electrons. The number of sulfonamides is 1. The van der Waals surface area contributed by atoms with E-state index in [0.29, 0.717) is 13.0 Å². The number of hydrogen-bond donors (Lipinski definition) is 2. The van der Waals surface area contributed by atoms with Crippen molar-refractivity contribution in [2.45, 2.75) is 49.5 Å². The SMILES string of the molecule is CN(Cc1c2ccccc2cc2ccccc12)C[C@@H]1C[C@H](c2ccc(CO)cc2)OC(c2ccc(CNS(=O)(=O)c3ccccc3)cc2)O1. The Hall–Kier alpha value is -4.41. The van der Waals surface area contributed by atoms with Gasteiger partial charge in [-0.15, -0.1) is 0 Å². The van der Waals surface area contributed by atoms with Gasteiger partial charge in [-0.05, 0) is 69.0 Å². The van der Waals surface area contributed by atoms with Crippen LogP contribution in [0.5, 0.6) is 0 Å². The standard InChI is InChI=1S/C41H40N2O5S/c1-43(27-39-37-13-7-5-9-33(37)23-34-10-6-8-14-38(34)39)26-35-24-40(31-19-17-30(28-44)18-20-31)48-41(47-35)32-21-15-29(16-22-32)25-42-49(45,46)36-11-3-2-4-12-36/h2-23,35,40-42,44H,24-28H2,1H3/t35-,40+,41?/m0/s1. The van der Waals surface area contributed by atoms with Gasteiger partial charge < -0.3 is 14.6 Å². The minimum atomic E-state index is -3.62. The van der Waals surface area contributed by atoms with E-state index in [9.17, 15) is 13.5 Å². The fourth-order valence-electron chi connectivity index (χ4n) is 6.65. The summed E-state index contributed by atoms with van der Waals surface area (Å²) in [5.41, 5.74) is 4.87. The molecule has 6 aromatic carbocycles. The molecular weight excluding hydrogens is 633 g/mol. The number of nitrogens with one attached hydrogen (secondary N) is 1. The van der Waals surface area contributed by atoms with Gasteiger partial charge in [-0.25, -0.2) is 13.1 Å². The van der Waals surface area contributed by atoms with E-state index in [0.717, 1.165) is 28.8 Å². The summed E-state index contributed by atoms with van der Waals surface area (Å²) in [5.74, 6) is 0. The molecule has 0 aliphatic carbocycles. The minimum absolute atomic E-state index is 0.0122. The Labute approximate surface area is 287 Å². The average molecular weight is 673 g/mol. The van der Waals surface area contributed by atoms with Gasteiger partial charge in [-0.1, -0.05) is 115 Å². The van der Waals surface area contributed by atoms with Gasteiger partial charge >= 0.3 is 0 Å². The van der Waals surface area contributed by atoms with Crippen LogP contribution >= 0.6 is 0 Å². The van der Waals surface area contributed by atoms with Gasteiger partial charge in [0.1, 0.15) is 0 Å². The average Bonchev–Trinajstić information content (AvgIpc) is 3.14. The molecule has 49 heavy (non-hydrogen) atoms. The normalized spacial score (nSPS) is 18.3. The van der Waals surface area contributed by atoms with Crippen molar-refractivity contribution in [1.82, 2.24) is 9.62 Å². The molecule has 1 aliphatic rings. The van der Waals surface area contributed by atoms with Crippen LogP contribution in [0.1, 0.15) is 46.6 Å². The number of aliphatic hydroxyl groups excluding tert-OH is 1. The maximum Gasteiger partial charge on any atom is 0.240 e. The second kappa shape index (κ2) is 14.6. The first-order chi connectivity index (χ1) is 23.9. The number of fused-ring (bicyclic) bond motifs is 2. The molecule has 250 valence electrons. The minimum Gasteiger partial charge on any atom is -0.392 e. The molecule has 0 spiro atoms. The van der Waals surface area contributed by atoms with Crippen molar-refractivity contribution >= 4 is 31.6 Å². The molecular formula is C41H40N2O5S. The summed E-state index contributed by atoms with van der Waals surface area (Å²) in [4.78, 5) is 2.56. The van der Waals surface area contributed by atoms with Crippen molar-refractivity contribution in [3.05, 3.63) is 161 Å². The van der Waals surface area contributed by atoms with E-state index >= 15 is 0 Å². The van der Waals surface area contributed by atoms with E-state index < -0.39 is 16.3 Å². The van der Waals surface area contributed by atoms with Crippen molar-refractivity contribution in [2.75, 3.05) is 13.6 Å². The first-order valence-corrected chi connectivity index (χ1v) is 18.1. The summed E-state index contributed by atoms with van der Waals surface area (Å²) < 4.78 is 41.4. The number of rotatable bonds is 11. The molecule has 7 nitrogen and oxygen atoms in total. The summed E-state index contributed by atoms with van der Waals surface area (Å²) in [7, 11) is -1.48. The molecule has 1 unspecified atom stereocenters. The van der Waals surface area contributed by atoms with E-state index in [1.807, 2.05) is 48.5 Å². The zero-order valence-electron chi connectivity index (χ0n) is 27.4. The lowest BCUT2D eigenvalue weighted by Gasteiger charge is -2.38. The van der Waals surface area contributed by atoms with Crippen molar-refractivity contribution in [1.29, 1.82) is 0 Å². The van der Waals surface area contributed by atoms with Crippen LogP contribution < -0.4 is 4.72 Å². The van der Waals surface area contributed by atoms with Gasteiger partial charge in [0.25, 0.3) is 0 Å². The number of hydrogen-bond acceptors (Lipinski definition) is 6. The Morgan fingerprint density at radius 3 is 1.98 bits per heavy atom. The lowest BCUT2D eigenvalue weighted by Crippen LogP contribution is -2.37. The molecule has 1 aliphatic heterocycles. The van der Waals surface area contributed by atoms with Crippen LogP contribution in [0, 0.1) is 0 Å². The van der Waals surface area contributed by atoms with Crippen LogP contribution in [0.25, 0.3) is 21.5 Å². The maximum atomic E-state index is 12.7. The predicted octanol–water partition coefficient (Wildman–Crippen LogP) is 7.64. The van der Waals surface area contributed by atoms with E-state index in [4.69, 9.17) is 9.47 Å². The molecule has 8 heteroatoms. The fraction of sp³-hybridized carbons (Fsp3) is 0.220. The Morgan fingerprint density at radius 1 is 0.735 bits per heavy atom. The van der Waals surface area contributed by atoms with Crippen LogP contribution in [-0.4, -0.2) is 38.1 Å². The summed E-state index contributed by atoms with van der Waals surface area (Å²) in [6, 6.07) is 43.3. The first kappa shape index (κ1) is 33.1. The Kier molecular flexibility index (Phi) is 9.86. The number of nitrogens with zero attached hydrogens (tertiary/aromatic N) is 1. The molecule has 2 N–H and O–H groups in total. The molecule has 1 saturated heterocycles. The van der Waals surface area contributed by atoms with E-state index in [1.54, 1.807) is 30.3 Å². The molecule has 1 heterocycles. The van der Waals surface area contributed by atoms with Crippen LogP contribution in [-0.2, 0) is 39.2 Å². The second-order valence-electron chi connectivity index (χ2n) is 12.7. The van der Waals surface area contributed by atoms with Crippen molar-refractivity contribution in [3.8, 4) is 0 Å². The van der Waals surface area contributed by atoms with Crippen molar-refractivity contribution in [2.24, 2.45) is 0 Å². The topological polar surface area (TPSA) is 88.1 Å². The monoisotopic (exact) mass is 672 g/mol. The van der Waals surface area contributed by atoms with Gasteiger partial charge in [0.2, 0.25) is 10.0 Å². The Balaban J connectivity index is 1.10. The van der Waals surface area contributed by atoms with Gasteiger partial charge in [-0.2, -0.15) is 0 Å². The molecule has 0 bridgehead atoms. The van der Waals surface area contributed by atoms with Gasteiger partial charge in [-0.3, -0.25) is 4.90 Å². The lowest BCUT2D eigenvalue weighted by atomic mass is 9.96.